The van der Waals surface area contributed by atoms with Crippen molar-refractivity contribution in [3.63, 3.8) is 0 Å². The minimum absolute atomic E-state index is 0.185. The fraction of sp³-hybridized carbons (Fsp3) is 0.176. The Balaban J connectivity index is 1.65. The number of urea groups is 1. The zero-order valence-electron chi connectivity index (χ0n) is 13.5. The van der Waals surface area contributed by atoms with Gasteiger partial charge in [0, 0.05) is 17.7 Å². The second kappa shape index (κ2) is 5.67. The van der Waals surface area contributed by atoms with Gasteiger partial charge in [-0.05, 0) is 30.4 Å². The van der Waals surface area contributed by atoms with Crippen LogP contribution in [0.1, 0.15) is 18.4 Å². The molecule has 1 saturated heterocycles. The van der Waals surface area contributed by atoms with Gasteiger partial charge in [0.15, 0.2) is 5.65 Å². The average Bonchev–Trinajstić information content (AvgIpc) is 3.01. The van der Waals surface area contributed by atoms with Crippen molar-refractivity contribution in [2.45, 2.75) is 18.9 Å². The standard InChI is InChI=1S/C17H14N6O2S/c24-16-12(21-17(25)22-16)6-9-8-18-23-14(19-10-3-4-10)7-11(20-15(9)23)13-2-1-5-26-13/h1-2,5-8,10,19H,3-4H2,(H2,21,22,24,25). The summed E-state index contributed by atoms with van der Waals surface area (Å²) in [4.78, 5) is 28.9. The Morgan fingerprint density at radius 2 is 2.19 bits per heavy atom. The summed E-state index contributed by atoms with van der Waals surface area (Å²) in [5.41, 5.74) is 2.32. The van der Waals surface area contributed by atoms with Gasteiger partial charge < -0.3 is 10.6 Å². The fourth-order valence-electron chi connectivity index (χ4n) is 2.81. The van der Waals surface area contributed by atoms with Crippen LogP contribution in [0.15, 0.2) is 35.5 Å². The molecule has 0 bridgehead atoms. The van der Waals surface area contributed by atoms with E-state index < -0.39 is 11.9 Å². The fourth-order valence-corrected chi connectivity index (χ4v) is 3.50. The summed E-state index contributed by atoms with van der Waals surface area (Å²) < 4.78 is 1.73. The van der Waals surface area contributed by atoms with E-state index in [1.165, 1.54) is 0 Å². The van der Waals surface area contributed by atoms with Crippen molar-refractivity contribution in [1.29, 1.82) is 0 Å². The molecule has 130 valence electrons. The summed E-state index contributed by atoms with van der Waals surface area (Å²) in [5.74, 6) is 0.408. The molecule has 8 nitrogen and oxygen atoms in total. The number of carbonyl (C=O) groups excluding carboxylic acids is 2. The number of imide groups is 1. The van der Waals surface area contributed by atoms with Crippen molar-refractivity contribution < 1.29 is 9.59 Å². The summed E-state index contributed by atoms with van der Waals surface area (Å²) in [7, 11) is 0. The van der Waals surface area contributed by atoms with E-state index in [1.54, 1.807) is 28.1 Å². The van der Waals surface area contributed by atoms with Crippen LogP contribution < -0.4 is 16.0 Å². The van der Waals surface area contributed by atoms with E-state index in [0.29, 0.717) is 17.3 Å². The second-order valence-electron chi connectivity index (χ2n) is 6.22. The molecule has 3 N–H and O–H groups in total. The number of hydrogen-bond donors (Lipinski definition) is 3. The molecule has 2 aliphatic rings. The molecule has 1 saturated carbocycles. The predicted molar refractivity (Wildman–Crippen MR) is 97.6 cm³/mol. The molecule has 0 aromatic carbocycles. The Morgan fingerprint density at radius 1 is 1.31 bits per heavy atom. The van der Waals surface area contributed by atoms with Gasteiger partial charge in [0.1, 0.15) is 11.5 Å². The van der Waals surface area contributed by atoms with Gasteiger partial charge in [0.25, 0.3) is 5.91 Å². The topological polar surface area (TPSA) is 100 Å². The van der Waals surface area contributed by atoms with Gasteiger partial charge in [0.2, 0.25) is 0 Å². The molecule has 0 spiro atoms. The van der Waals surface area contributed by atoms with E-state index in [0.717, 1.165) is 29.2 Å². The quantitative estimate of drug-likeness (QED) is 0.486. The van der Waals surface area contributed by atoms with Crippen molar-refractivity contribution in [2.24, 2.45) is 0 Å². The monoisotopic (exact) mass is 366 g/mol. The second-order valence-corrected chi connectivity index (χ2v) is 7.17. The lowest BCUT2D eigenvalue weighted by Crippen LogP contribution is -2.22. The van der Waals surface area contributed by atoms with Crippen LogP contribution in [0.5, 0.6) is 0 Å². The van der Waals surface area contributed by atoms with E-state index in [1.807, 2.05) is 23.6 Å². The van der Waals surface area contributed by atoms with Crippen LogP contribution in [-0.4, -0.2) is 32.6 Å². The van der Waals surface area contributed by atoms with Crippen molar-refractivity contribution in [2.75, 3.05) is 5.32 Å². The van der Waals surface area contributed by atoms with E-state index in [-0.39, 0.29) is 5.70 Å². The number of hydrogen-bond acceptors (Lipinski definition) is 6. The van der Waals surface area contributed by atoms with E-state index in [9.17, 15) is 9.59 Å². The summed E-state index contributed by atoms with van der Waals surface area (Å²) in [6.07, 6.45) is 5.52. The first kappa shape index (κ1) is 15.1. The molecule has 26 heavy (non-hydrogen) atoms. The Labute approximate surface area is 151 Å². The molecule has 0 atom stereocenters. The number of anilines is 1. The van der Waals surface area contributed by atoms with E-state index >= 15 is 0 Å². The highest BCUT2D eigenvalue weighted by Gasteiger charge is 2.25. The lowest BCUT2D eigenvalue weighted by atomic mass is 10.2. The molecule has 3 aromatic heterocycles. The van der Waals surface area contributed by atoms with Gasteiger partial charge in [-0.3, -0.25) is 10.1 Å². The number of rotatable bonds is 4. The maximum Gasteiger partial charge on any atom is 0.326 e. The number of nitrogens with one attached hydrogen (secondary N) is 3. The van der Waals surface area contributed by atoms with E-state index in [4.69, 9.17) is 4.98 Å². The van der Waals surface area contributed by atoms with Crippen molar-refractivity contribution in [1.82, 2.24) is 25.2 Å². The van der Waals surface area contributed by atoms with Gasteiger partial charge in [-0.25, -0.2) is 9.78 Å². The highest BCUT2D eigenvalue weighted by Crippen LogP contribution is 2.30. The molecule has 2 fully saturated rings. The Hall–Kier alpha value is -3.20. The highest BCUT2D eigenvalue weighted by atomic mass is 32.1. The van der Waals surface area contributed by atoms with Crippen molar-refractivity contribution in [3.8, 4) is 10.6 Å². The molecule has 5 rings (SSSR count). The first-order chi connectivity index (χ1) is 12.7. The van der Waals surface area contributed by atoms with Gasteiger partial charge in [0.05, 0.1) is 16.8 Å². The summed E-state index contributed by atoms with van der Waals surface area (Å²) >= 11 is 1.61. The first-order valence-electron chi connectivity index (χ1n) is 8.20. The minimum atomic E-state index is -0.527. The molecule has 1 aliphatic carbocycles. The van der Waals surface area contributed by atoms with Crippen LogP contribution in [0.2, 0.25) is 0 Å². The molecule has 0 unspecified atom stereocenters. The predicted octanol–water partition coefficient (Wildman–Crippen LogP) is 2.21. The van der Waals surface area contributed by atoms with Crippen LogP contribution in [0.4, 0.5) is 10.6 Å². The van der Waals surface area contributed by atoms with Crippen LogP contribution in [-0.2, 0) is 4.79 Å². The third-order valence-electron chi connectivity index (χ3n) is 4.22. The average molecular weight is 366 g/mol. The van der Waals surface area contributed by atoms with Gasteiger partial charge in [-0.1, -0.05) is 6.07 Å². The first-order valence-corrected chi connectivity index (χ1v) is 9.08. The van der Waals surface area contributed by atoms with E-state index in [2.05, 4.69) is 21.0 Å². The highest BCUT2D eigenvalue weighted by molar-refractivity contribution is 7.13. The normalized spacial score (nSPS) is 18.4. The van der Waals surface area contributed by atoms with Gasteiger partial charge in [-0.2, -0.15) is 9.61 Å². The van der Waals surface area contributed by atoms with Crippen molar-refractivity contribution >= 4 is 40.8 Å². The van der Waals surface area contributed by atoms with Crippen LogP contribution in [0.3, 0.4) is 0 Å². The number of nitrogens with zero attached hydrogens (tertiary/aromatic N) is 3. The summed E-state index contributed by atoms with van der Waals surface area (Å²) in [5, 5.41) is 14.6. The molecule has 9 heteroatoms. The third-order valence-corrected chi connectivity index (χ3v) is 5.11. The van der Waals surface area contributed by atoms with Crippen LogP contribution in [0, 0.1) is 0 Å². The molecule has 3 aromatic rings. The van der Waals surface area contributed by atoms with Crippen LogP contribution in [0.25, 0.3) is 22.3 Å². The zero-order chi connectivity index (χ0) is 17.7. The smallest absolute Gasteiger partial charge is 0.326 e. The lowest BCUT2D eigenvalue weighted by Gasteiger charge is -2.09. The number of fused-ring (bicyclic) bond motifs is 1. The number of carbonyl (C=O) groups is 2. The Kier molecular flexibility index (Phi) is 3.29. The number of thiophene rings is 1. The third kappa shape index (κ3) is 2.62. The van der Waals surface area contributed by atoms with Gasteiger partial charge in [-0.15, -0.1) is 11.3 Å². The molecular formula is C17H14N6O2S. The molecule has 1 aliphatic heterocycles. The molecule has 4 heterocycles. The Bertz CT molecular complexity index is 1060. The van der Waals surface area contributed by atoms with Crippen molar-refractivity contribution in [3.05, 3.63) is 41.0 Å². The minimum Gasteiger partial charge on any atom is -0.367 e. The summed E-state index contributed by atoms with van der Waals surface area (Å²) in [6.45, 7) is 0. The summed E-state index contributed by atoms with van der Waals surface area (Å²) in [6, 6.07) is 5.93. The van der Waals surface area contributed by atoms with Gasteiger partial charge >= 0.3 is 6.03 Å². The molecular weight excluding hydrogens is 352 g/mol. The SMILES string of the molecule is O=C1NC(=O)C(=Cc2cnn3c(NC4CC4)cc(-c4cccs4)nc23)N1. The number of amides is 3. The number of aromatic nitrogens is 3. The largest absolute Gasteiger partial charge is 0.367 e. The Morgan fingerprint density at radius 3 is 2.88 bits per heavy atom. The zero-order valence-corrected chi connectivity index (χ0v) is 14.3. The lowest BCUT2D eigenvalue weighted by molar-refractivity contribution is -0.115. The molecule has 0 radical (unpaired) electrons. The maximum atomic E-state index is 11.8. The van der Waals surface area contributed by atoms with Crippen LogP contribution >= 0.6 is 11.3 Å². The molecule has 3 amide bonds. The maximum absolute atomic E-state index is 11.8.